The van der Waals surface area contributed by atoms with E-state index in [1.165, 1.54) is 0 Å². The van der Waals surface area contributed by atoms with Gasteiger partial charge in [-0.2, -0.15) is 0 Å². The highest BCUT2D eigenvalue weighted by Crippen LogP contribution is 2.23. The highest BCUT2D eigenvalue weighted by atomic mass is 16.5. The van der Waals surface area contributed by atoms with E-state index >= 15 is 0 Å². The summed E-state index contributed by atoms with van der Waals surface area (Å²) in [7, 11) is 0. The zero-order valence-corrected chi connectivity index (χ0v) is 22.2. The fourth-order valence-corrected chi connectivity index (χ4v) is 4.08. The Morgan fingerprint density at radius 1 is 0.974 bits per heavy atom. The van der Waals surface area contributed by atoms with Crippen LogP contribution in [0.2, 0.25) is 0 Å². The quantitative estimate of drug-likeness (QED) is 0.213. The van der Waals surface area contributed by atoms with Gasteiger partial charge in [0.1, 0.15) is 6.10 Å². The van der Waals surface area contributed by atoms with Crippen LogP contribution in [-0.2, 0) is 25.5 Å². The number of aliphatic hydroxyl groups is 1. The second-order valence-corrected chi connectivity index (χ2v) is 9.41. The molecular weight excluding hydrogens is 480 g/mol. The number of carbonyl (C=O) groups excluding carboxylic acids is 3. The van der Waals surface area contributed by atoms with Gasteiger partial charge < -0.3 is 20.5 Å². The number of nitrogens with one attached hydrogen (secondary N) is 2. The topological polar surface area (TPSA) is 105 Å². The van der Waals surface area contributed by atoms with Gasteiger partial charge in [0.25, 0.3) is 0 Å². The van der Waals surface area contributed by atoms with Gasteiger partial charge in [0.15, 0.2) is 0 Å². The molecule has 7 nitrogen and oxygen atoms in total. The molecule has 4 atom stereocenters. The number of hydrogen-bond acceptors (Lipinski definition) is 5. The number of allylic oxidation sites excluding steroid dienone is 2. The van der Waals surface area contributed by atoms with Crippen molar-refractivity contribution in [2.24, 2.45) is 11.8 Å². The van der Waals surface area contributed by atoms with Crippen LogP contribution in [0.5, 0.6) is 0 Å². The first-order chi connectivity index (χ1) is 18.4. The molecule has 0 radical (unpaired) electrons. The van der Waals surface area contributed by atoms with Crippen molar-refractivity contribution in [1.29, 1.82) is 0 Å². The van der Waals surface area contributed by atoms with Crippen LogP contribution in [0, 0.1) is 11.8 Å². The normalized spacial score (nSPS) is 13.8. The average molecular weight is 521 g/mol. The van der Waals surface area contributed by atoms with Crippen LogP contribution < -0.4 is 10.6 Å². The molecular formula is C31H40N2O5. The molecule has 0 saturated heterocycles. The predicted octanol–water partition coefficient (Wildman–Crippen LogP) is 4.29. The molecule has 204 valence electrons. The number of ether oxygens (including phenoxy) is 1. The minimum absolute atomic E-state index is 0.0430. The first-order valence-corrected chi connectivity index (χ1v) is 13.1. The number of amides is 2. The lowest BCUT2D eigenvalue weighted by atomic mass is 9.94. The summed E-state index contributed by atoms with van der Waals surface area (Å²) in [5, 5.41) is 14.7. The summed E-state index contributed by atoms with van der Waals surface area (Å²) in [5.74, 6) is -1.99. The van der Waals surface area contributed by atoms with Gasteiger partial charge in [-0.3, -0.25) is 14.4 Å². The number of aliphatic hydroxyl groups excluding tert-OH is 1. The summed E-state index contributed by atoms with van der Waals surface area (Å²) >= 11 is 0. The van der Waals surface area contributed by atoms with Crippen LogP contribution >= 0.6 is 0 Å². The van der Waals surface area contributed by atoms with Gasteiger partial charge in [-0.1, -0.05) is 72.8 Å². The lowest BCUT2D eigenvalue weighted by Gasteiger charge is -2.24. The Kier molecular flexibility index (Phi) is 13.6. The lowest BCUT2D eigenvalue weighted by molar-refractivity contribution is -0.155. The molecule has 0 bridgehead atoms. The zero-order valence-electron chi connectivity index (χ0n) is 22.2. The van der Waals surface area contributed by atoms with Gasteiger partial charge in [0.2, 0.25) is 11.8 Å². The number of carbonyl (C=O) groups is 3. The Balaban J connectivity index is 2.12. The molecule has 2 aromatic rings. The molecule has 3 N–H and O–H groups in total. The average Bonchev–Trinajstić information content (AvgIpc) is 2.93. The van der Waals surface area contributed by atoms with Gasteiger partial charge in [-0.25, -0.2) is 0 Å². The van der Waals surface area contributed by atoms with Crippen LogP contribution in [0.4, 0.5) is 0 Å². The maximum Gasteiger partial charge on any atom is 0.309 e. The maximum absolute atomic E-state index is 13.3. The summed E-state index contributed by atoms with van der Waals surface area (Å²) in [4.78, 5) is 38.7. The number of esters is 1. The summed E-state index contributed by atoms with van der Waals surface area (Å²) in [6.07, 6.45) is 4.79. The predicted molar refractivity (Wildman–Crippen MR) is 149 cm³/mol. The van der Waals surface area contributed by atoms with Gasteiger partial charge in [0, 0.05) is 12.5 Å². The second-order valence-electron chi connectivity index (χ2n) is 9.41. The van der Waals surface area contributed by atoms with Crippen molar-refractivity contribution < 1.29 is 24.2 Å². The fraction of sp³-hybridized carbons (Fsp3) is 0.387. The Bertz CT molecular complexity index is 1030. The van der Waals surface area contributed by atoms with Crippen LogP contribution in [0.3, 0.4) is 0 Å². The molecule has 7 heteroatoms. The highest BCUT2D eigenvalue weighted by molar-refractivity contribution is 5.86. The molecule has 0 aliphatic rings. The number of benzene rings is 2. The fourth-order valence-electron chi connectivity index (χ4n) is 4.08. The van der Waals surface area contributed by atoms with E-state index in [4.69, 9.17) is 9.84 Å². The molecule has 2 amide bonds. The van der Waals surface area contributed by atoms with Gasteiger partial charge in [-0.15, -0.1) is 13.2 Å². The Hall–Kier alpha value is -3.71. The van der Waals surface area contributed by atoms with E-state index in [2.05, 4.69) is 23.8 Å². The molecule has 38 heavy (non-hydrogen) atoms. The van der Waals surface area contributed by atoms with Crippen LogP contribution in [0.25, 0.3) is 0 Å². The minimum Gasteiger partial charge on any atom is -0.455 e. The molecule has 0 heterocycles. The summed E-state index contributed by atoms with van der Waals surface area (Å²) in [6, 6.07) is 18.7. The first kappa shape index (κ1) is 30.5. The van der Waals surface area contributed by atoms with E-state index in [0.717, 1.165) is 11.1 Å². The zero-order chi connectivity index (χ0) is 27.8. The monoisotopic (exact) mass is 520 g/mol. The largest absolute Gasteiger partial charge is 0.455 e. The van der Waals surface area contributed by atoms with E-state index in [1.54, 1.807) is 19.1 Å². The van der Waals surface area contributed by atoms with Crippen LogP contribution in [-0.4, -0.2) is 42.1 Å². The third-order valence-corrected chi connectivity index (χ3v) is 6.20. The molecule has 0 aliphatic heterocycles. The van der Waals surface area contributed by atoms with Crippen molar-refractivity contribution in [1.82, 2.24) is 10.6 Å². The smallest absolute Gasteiger partial charge is 0.309 e. The van der Waals surface area contributed by atoms with Crippen LogP contribution in [0.15, 0.2) is 86.0 Å². The van der Waals surface area contributed by atoms with E-state index in [1.807, 2.05) is 60.7 Å². The molecule has 0 spiro atoms. The highest BCUT2D eigenvalue weighted by Gasteiger charge is 2.27. The molecule has 0 unspecified atom stereocenters. The van der Waals surface area contributed by atoms with Gasteiger partial charge in [-0.05, 0) is 43.7 Å². The summed E-state index contributed by atoms with van der Waals surface area (Å²) < 4.78 is 5.99. The SMILES string of the molecule is C=CCC[C@H](Cc1ccccc1)C(=O)O[C@H](CNC(=O)[C@H](CC=C)CC(=O)N[C@H](C)CO)c1ccccc1. The Labute approximate surface area is 226 Å². The van der Waals surface area contributed by atoms with E-state index < -0.39 is 18.1 Å². The molecule has 0 fully saturated rings. The molecule has 0 aliphatic carbocycles. The molecule has 2 rings (SSSR count). The molecule has 0 aromatic heterocycles. The summed E-state index contributed by atoms with van der Waals surface area (Å²) in [6.45, 7) is 9.04. The van der Waals surface area contributed by atoms with Crippen molar-refractivity contribution in [2.45, 2.75) is 51.2 Å². The minimum atomic E-state index is -0.692. The molecule has 0 saturated carbocycles. The van der Waals surface area contributed by atoms with E-state index in [9.17, 15) is 14.4 Å². The lowest BCUT2D eigenvalue weighted by Crippen LogP contribution is -2.40. The van der Waals surface area contributed by atoms with Crippen molar-refractivity contribution in [2.75, 3.05) is 13.2 Å². The second kappa shape index (κ2) is 16.9. The Morgan fingerprint density at radius 3 is 2.24 bits per heavy atom. The summed E-state index contributed by atoms with van der Waals surface area (Å²) in [5.41, 5.74) is 1.81. The van der Waals surface area contributed by atoms with Crippen molar-refractivity contribution in [3.05, 3.63) is 97.1 Å². The van der Waals surface area contributed by atoms with Crippen molar-refractivity contribution >= 4 is 17.8 Å². The maximum atomic E-state index is 13.3. The standard InChI is InChI=1S/C31H40N2O5/c1-4-6-16-27(19-24-14-9-7-10-15-24)31(37)38-28(25-17-11-8-12-18-25)21-32-30(36)26(13-5-2)20-29(35)33-23(3)22-34/h4-5,7-12,14-15,17-18,23,26-28,34H,1-2,6,13,16,19-22H2,3H3,(H,32,36)(H,33,35)/t23-,26-,27-,28-/m1/s1. The molecule has 2 aromatic carbocycles. The van der Waals surface area contributed by atoms with Crippen LogP contribution in [0.1, 0.15) is 49.8 Å². The van der Waals surface area contributed by atoms with Gasteiger partial charge >= 0.3 is 5.97 Å². The first-order valence-electron chi connectivity index (χ1n) is 13.1. The van der Waals surface area contributed by atoms with Gasteiger partial charge in [0.05, 0.1) is 25.0 Å². The van der Waals surface area contributed by atoms with Crippen molar-refractivity contribution in [3.63, 3.8) is 0 Å². The van der Waals surface area contributed by atoms with E-state index in [0.29, 0.717) is 25.7 Å². The van der Waals surface area contributed by atoms with E-state index in [-0.39, 0.29) is 43.3 Å². The Morgan fingerprint density at radius 2 is 1.63 bits per heavy atom. The third-order valence-electron chi connectivity index (χ3n) is 6.20. The third kappa shape index (κ3) is 10.7. The number of rotatable bonds is 17. The number of hydrogen-bond donors (Lipinski definition) is 3. The van der Waals surface area contributed by atoms with Crippen molar-refractivity contribution in [3.8, 4) is 0 Å².